The van der Waals surface area contributed by atoms with Crippen molar-refractivity contribution in [3.63, 3.8) is 0 Å². The molecule has 16 heavy (non-hydrogen) atoms. The number of halogens is 1. The van der Waals surface area contributed by atoms with Gasteiger partial charge in [0.2, 0.25) is 5.71 Å². The van der Waals surface area contributed by atoms with Crippen LogP contribution in [0.2, 0.25) is 5.02 Å². The van der Waals surface area contributed by atoms with Gasteiger partial charge in [0.1, 0.15) is 5.76 Å². The quantitative estimate of drug-likeness (QED) is 0.761. The Balaban J connectivity index is 2.04. The largest absolute Gasteiger partial charge is 0.441 e. The molecule has 0 N–H and O–H groups in total. The molecule has 4 heteroatoms. The number of pyridine rings is 1. The molecule has 2 aromatic rings. The van der Waals surface area contributed by atoms with Gasteiger partial charge in [-0.2, -0.15) is 0 Å². The van der Waals surface area contributed by atoms with Crippen LogP contribution in [0.15, 0.2) is 22.7 Å². The van der Waals surface area contributed by atoms with E-state index in [2.05, 4.69) is 23.0 Å². The van der Waals surface area contributed by atoms with Gasteiger partial charge in [-0.25, -0.2) is 4.98 Å². The molecule has 0 saturated carbocycles. The standard InChI is InChI=1S/C12H13ClN2O/c1-15-4-2-3-10(15)11-6-8-5-9(13)7-14-12(8)16-11/h5-7,10H,2-4H2,1H3/t10-/m0/s1. The van der Waals surface area contributed by atoms with E-state index in [4.69, 9.17) is 16.0 Å². The average Bonchev–Trinajstić information content (AvgIpc) is 2.82. The summed E-state index contributed by atoms with van der Waals surface area (Å²) in [6.07, 6.45) is 4.01. The lowest BCUT2D eigenvalue weighted by atomic mass is 10.1. The minimum Gasteiger partial charge on any atom is -0.441 e. The van der Waals surface area contributed by atoms with E-state index in [1.807, 2.05) is 6.07 Å². The first-order valence-electron chi connectivity index (χ1n) is 5.49. The predicted molar refractivity (Wildman–Crippen MR) is 63.6 cm³/mol. The third-order valence-corrected chi connectivity index (χ3v) is 3.41. The second kappa shape index (κ2) is 3.75. The van der Waals surface area contributed by atoms with Crippen LogP contribution in [-0.4, -0.2) is 23.5 Å². The Morgan fingerprint density at radius 2 is 2.38 bits per heavy atom. The van der Waals surface area contributed by atoms with E-state index >= 15 is 0 Å². The number of fused-ring (bicyclic) bond motifs is 1. The van der Waals surface area contributed by atoms with Crippen LogP contribution in [-0.2, 0) is 0 Å². The van der Waals surface area contributed by atoms with E-state index in [-0.39, 0.29) is 0 Å². The Labute approximate surface area is 99.0 Å². The number of hydrogen-bond acceptors (Lipinski definition) is 3. The second-order valence-electron chi connectivity index (χ2n) is 4.34. The van der Waals surface area contributed by atoms with Crippen molar-refractivity contribution in [3.05, 3.63) is 29.1 Å². The van der Waals surface area contributed by atoms with Crippen molar-refractivity contribution in [2.45, 2.75) is 18.9 Å². The van der Waals surface area contributed by atoms with Crippen LogP contribution in [0.1, 0.15) is 24.6 Å². The third-order valence-electron chi connectivity index (χ3n) is 3.21. The molecule has 1 aliphatic rings. The summed E-state index contributed by atoms with van der Waals surface area (Å²) in [5.41, 5.74) is 0.680. The van der Waals surface area contributed by atoms with Gasteiger partial charge in [0.25, 0.3) is 0 Å². The van der Waals surface area contributed by atoms with Crippen molar-refractivity contribution in [1.82, 2.24) is 9.88 Å². The minimum absolute atomic E-state index is 0.396. The SMILES string of the molecule is CN1CCC[C@H]1c1cc2cc(Cl)cnc2o1. The summed E-state index contributed by atoms with van der Waals surface area (Å²) in [6.45, 7) is 1.13. The van der Waals surface area contributed by atoms with Crippen LogP contribution in [0.4, 0.5) is 0 Å². The minimum atomic E-state index is 0.396. The van der Waals surface area contributed by atoms with Crippen LogP contribution in [0, 0.1) is 0 Å². The highest BCUT2D eigenvalue weighted by atomic mass is 35.5. The maximum atomic E-state index is 5.90. The molecule has 0 spiro atoms. The summed E-state index contributed by atoms with van der Waals surface area (Å²) in [6, 6.07) is 4.35. The fourth-order valence-corrected chi connectivity index (χ4v) is 2.53. The first kappa shape index (κ1) is 10.1. The topological polar surface area (TPSA) is 29.3 Å². The van der Waals surface area contributed by atoms with Gasteiger partial charge in [0.15, 0.2) is 0 Å². The summed E-state index contributed by atoms with van der Waals surface area (Å²) in [7, 11) is 2.13. The second-order valence-corrected chi connectivity index (χ2v) is 4.77. The van der Waals surface area contributed by atoms with Crippen molar-refractivity contribution in [2.75, 3.05) is 13.6 Å². The lowest BCUT2D eigenvalue weighted by molar-refractivity contribution is 0.280. The van der Waals surface area contributed by atoms with Gasteiger partial charge >= 0.3 is 0 Å². The molecule has 1 fully saturated rings. The van der Waals surface area contributed by atoms with Gasteiger partial charge in [-0.15, -0.1) is 0 Å². The summed E-state index contributed by atoms with van der Waals surface area (Å²) in [4.78, 5) is 6.50. The van der Waals surface area contributed by atoms with Gasteiger partial charge in [-0.1, -0.05) is 11.6 Å². The Kier molecular flexibility index (Phi) is 2.37. The van der Waals surface area contributed by atoms with E-state index in [9.17, 15) is 0 Å². The lowest BCUT2D eigenvalue weighted by Crippen LogP contribution is -2.16. The van der Waals surface area contributed by atoms with Gasteiger partial charge in [-0.05, 0) is 38.6 Å². The molecule has 3 rings (SSSR count). The number of furan rings is 1. The van der Waals surface area contributed by atoms with E-state index in [0.29, 0.717) is 16.8 Å². The van der Waals surface area contributed by atoms with Crippen LogP contribution in [0.3, 0.4) is 0 Å². The van der Waals surface area contributed by atoms with Gasteiger partial charge in [0.05, 0.1) is 11.1 Å². The molecule has 1 atom stereocenters. The zero-order valence-corrected chi connectivity index (χ0v) is 9.87. The summed E-state index contributed by atoms with van der Waals surface area (Å²) >= 11 is 5.90. The Bertz CT molecular complexity index is 523. The molecule has 1 aliphatic heterocycles. The smallest absolute Gasteiger partial charge is 0.226 e. The number of likely N-dealkylation sites (tertiary alicyclic amines) is 1. The summed E-state index contributed by atoms with van der Waals surface area (Å²) < 4.78 is 5.77. The van der Waals surface area contributed by atoms with Crippen molar-refractivity contribution < 1.29 is 4.42 Å². The van der Waals surface area contributed by atoms with Crippen LogP contribution < -0.4 is 0 Å². The van der Waals surface area contributed by atoms with E-state index in [1.165, 1.54) is 6.42 Å². The van der Waals surface area contributed by atoms with Crippen molar-refractivity contribution in [2.24, 2.45) is 0 Å². The average molecular weight is 237 g/mol. The highest BCUT2D eigenvalue weighted by Gasteiger charge is 2.25. The number of hydrogen-bond donors (Lipinski definition) is 0. The van der Waals surface area contributed by atoms with Crippen LogP contribution in [0.5, 0.6) is 0 Å². The highest BCUT2D eigenvalue weighted by molar-refractivity contribution is 6.31. The molecule has 0 unspecified atom stereocenters. The normalized spacial score (nSPS) is 22.0. The maximum Gasteiger partial charge on any atom is 0.226 e. The van der Waals surface area contributed by atoms with Crippen molar-refractivity contribution in [3.8, 4) is 0 Å². The Morgan fingerprint density at radius 1 is 1.50 bits per heavy atom. The zero-order valence-electron chi connectivity index (χ0n) is 9.11. The Morgan fingerprint density at radius 3 is 3.12 bits per heavy atom. The molecule has 3 heterocycles. The first-order valence-corrected chi connectivity index (χ1v) is 5.87. The van der Waals surface area contributed by atoms with Gasteiger partial charge in [-0.3, -0.25) is 4.90 Å². The zero-order chi connectivity index (χ0) is 11.1. The lowest BCUT2D eigenvalue weighted by Gasteiger charge is -2.16. The summed E-state index contributed by atoms with van der Waals surface area (Å²) in [5, 5.41) is 1.64. The third kappa shape index (κ3) is 1.60. The highest BCUT2D eigenvalue weighted by Crippen LogP contribution is 2.33. The monoisotopic (exact) mass is 236 g/mol. The van der Waals surface area contributed by atoms with E-state index < -0.39 is 0 Å². The fraction of sp³-hybridized carbons (Fsp3) is 0.417. The molecule has 84 valence electrons. The molecule has 0 aromatic carbocycles. The van der Waals surface area contributed by atoms with Crippen molar-refractivity contribution in [1.29, 1.82) is 0 Å². The Hall–Kier alpha value is -1.06. The first-order chi connectivity index (χ1) is 7.74. The van der Waals surface area contributed by atoms with E-state index in [0.717, 1.165) is 24.1 Å². The van der Waals surface area contributed by atoms with Crippen LogP contribution >= 0.6 is 11.6 Å². The van der Waals surface area contributed by atoms with Gasteiger partial charge in [0, 0.05) is 11.6 Å². The van der Waals surface area contributed by atoms with E-state index in [1.54, 1.807) is 6.20 Å². The number of nitrogens with zero attached hydrogens (tertiary/aromatic N) is 2. The summed E-state index contributed by atoms with van der Waals surface area (Å²) in [5.74, 6) is 1.00. The maximum absolute atomic E-state index is 5.90. The van der Waals surface area contributed by atoms with Gasteiger partial charge < -0.3 is 4.42 Å². The molecule has 1 saturated heterocycles. The fourth-order valence-electron chi connectivity index (χ4n) is 2.36. The molecule has 2 aromatic heterocycles. The molecule has 0 amide bonds. The molecule has 0 aliphatic carbocycles. The van der Waals surface area contributed by atoms with Crippen LogP contribution in [0.25, 0.3) is 11.1 Å². The molecular weight excluding hydrogens is 224 g/mol. The molecule has 0 radical (unpaired) electrons. The van der Waals surface area contributed by atoms with Crippen molar-refractivity contribution >= 4 is 22.7 Å². The molecular formula is C12H13ClN2O. The predicted octanol–water partition coefficient (Wildman–Crippen LogP) is 3.25. The number of aromatic nitrogens is 1. The molecule has 3 nitrogen and oxygen atoms in total. The number of rotatable bonds is 1. The molecule has 0 bridgehead atoms.